The Bertz CT molecular complexity index is 407. The van der Waals surface area contributed by atoms with Crippen LogP contribution in [0.1, 0.15) is 55.5 Å². The summed E-state index contributed by atoms with van der Waals surface area (Å²) < 4.78 is 0. The number of rotatable bonds is 7. The highest BCUT2D eigenvalue weighted by Crippen LogP contribution is 2.21. The van der Waals surface area contributed by atoms with Gasteiger partial charge in [0, 0.05) is 24.2 Å². The van der Waals surface area contributed by atoms with Crippen LogP contribution in [-0.2, 0) is 0 Å². The molecule has 1 N–H and O–H groups in total. The molecule has 0 fully saturated rings. The number of hydrogen-bond acceptors (Lipinski definition) is 2. The molecule has 0 heterocycles. The van der Waals surface area contributed by atoms with Gasteiger partial charge in [0.25, 0.3) is 5.91 Å². The lowest BCUT2D eigenvalue weighted by atomic mass is 10.1. The fourth-order valence-electron chi connectivity index (χ4n) is 2.04. The maximum absolute atomic E-state index is 12.5. The summed E-state index contributed by atoms with van der Waals surface area (Å²) in [6, 6.07) is 5.14. The van der Waals surface area contributed by atoms with Gasteiger partial charge in [-0.1, -0.05) is 32.8 Å². The van der Waals surface area contributed by atoms with Crippen LogP contribution < -0.4 is 0 Å². The highest BCUT2D eigenvalue weighted by atomic mass is 16.3. The predicted molar refractivity (Wildman–Crippen MR) is 78.6 cm³/mol. The molecule has 106 valence electrons. The van der Waals surface area contributed by atoms with E-state index in [1.54, 1.807) is 25.1 Å². The SMILES string of the molecule is CCCCN(CCCC)C(=O)c1cccc(O)c1C. The maximum Gasteiger partial charge on any atom is 0.254 e. The molecule has 0 spiro atoms. The fraction of sp³-hybridized carbons (Fsp3) is 0.562. The molecule has 1 aromatic carbocycles. The summed E-state index contributed by atoms with van der Waals surface area (Å²) in [6.45, 7) is 7.64. The predicted octanol–water partition coefficient (Wildman–Crippen LogP) is 3.74. The molecule has 3 heteroatoms. The quantitative estimate of drug-likeness (QED) is 0.814. The van der Waals surface area contributed by atoms with Gasteiger partial charge >= 0.3 is 0 Å². The molecule has 0 aliphatic heterocycles. The molecule has 0 bridgehead atoms. The van der Waals surface area contributed by atoms with E-state index >= 15 is 0 Å². The third-order valence-electron chi connectivity index (χ3n) is 3.39. The van der Waals surface area contributed by atoms with E-state index in [4.69, 9.17) is 0 Å². The van der Waals surface area contributed by atoms with Crippen molar-refractivity contribution in [2.75, 3.05) is 13.1 Å². The summed E-state index contributed by atoms with van der Waals surface area (Å²) in [6.07, 6.45) is 4.20. The second-order valence-electron chi connectivity index (χ2n) is 4.95. The van der Waals surface area contributed by atoms with Crippen LogP contribution in [0, 0.1) is 6.92 Å². The van der Waals surface area contributed by atoms with E-state index in [0.717, 1.165) is 38.8 Å². The van der Waals surface area contributed by atoms with E-state index in [9.17, 15) is 9.90 Å². The number of phenols is 1. The largest absolute Gasteiger partial charge is 0.508 e. The van der Waals surface area contributed by atoms with Crippen LogP contribution in [0.5, 0.6) is 5.75 Å². The minimum Gasteiger partial charge on any atom is -0.508 e. The summed E-state index contributed by atoms with van der Waals surface area (Å²) >= 11 is 0. The van der Waals surface area contributed by atoms with Gasteiger partial charge in [-0.15, -0.1) is 0 Å². The van der Waals surface area contributed by atoms with Gasteiger partial charge in [-0.2, -0.15) is 0 Å². The summed E-state index contributed by atoms with van der Waals surface area (Å²) in [4.78, 5) is 14.5. The van der Waals surface area contributed by atoms with E-state index in [1.165, 1.54) is 0 Å². The molecule has 0 aromatic heterocycles. The number of carbonyl (C=O) groups excluding carboxylic acids is 1. The highest BCUT2D eigenvalue weighted by Gasteiger charge is 2.17. The molecule has 0 aliphatic carbocycles. The molecule has 0 atom stereocenters. The van der Waals surface area contributed by atoms with Crippen molar-refractivity contribution in [1.29, 1.82) is 0 Å². The first-order valence-electron chi connectivity index (χ1n) is 7.19. The van der Waals surface area contributed by atoms with Crippen LogP contribution in [0.4, 0.5) is 0 Å². The number of hydrogen-bond donors (Lipinski definition) is 1. The molecule has 0 aliphatic rings. The molecule has 3 nitrogen and oxygen atoms in total. The molecule has 19 heavy (non-hydrogen) atoms. The molecular weight excluding hydrogens is 238 g/mol. The first-order valence-corrected chi connectivity index (χ1v) is 7.19. The van der Waals surface area contributed by atoms with Crippen molar-refractivity contribution < 1.29 is 9.90 Å². The van der Waals surface area contributed by atoms with E-state index < -0.39 is 0 Å². The zero-order valence-corrected chi connectivity index (χ0v) is 12.3. The number of nitrogens with zero attached hydrogens (tertiary/aromatic N) is 1. The topological polar surface area (TPSA) is 40.5 Å². The van der Waals surface area contributed by atoms with Crippen LogP contribution in [0.3, 0.4) is 0 Å². The molecule has 0 unspecified atom stereocenters. The number of phenolic OH excluding ortho intramolecular Hbond substituents is 1. The van der Waals surface area contributed by atoms with E-state index in [0.29, 0.717) is 11.1 Å². The van der Waals surface area contributed by atoms with Gasteiger partial charge in [0.2, 0.25) is 0 Å². The summed E-state index contributed by atoms with van der Waals surface area (Å²) in [7, 11) is 0. The van der Waals surface area contributed by atoms with Crippen molar-refractivity contribution in [3.8, 4) is 5.75 Å². The molecular formula is C16H25NO2. The van der Waals surface area contributed by atoms with Gasteiger partial charge in [-0.3, -0.25) is 4.79 Å². The number of unbranched alkanes of at least 4 members (excludes halogenated alkanes) is 2. The van der Waals surface area contributed by atoms with Crippen molar-refractivity contribution in [3.05, 3.63) is 29.3 Å². The van der Waals surface area contributed by atoms with Gasteiger partial charge < -0.3 is 10.0 Å². The zero-order chi connectivity index (χ0) is 14.3. The van der Waals surface area contributed by atoms with Crippen molar-refractivity contribution in [1.82, 2.24) is 4.90 Å². The third-order valence-corrected chi connectivity index (χ3v) is 3.39. The Morgan fingerprint density at radius 2 is 1.74 bits per heavy atom. The van der Waals surface area contributed by atoms with Gasteiger partial charge in [-0.05, 0) is 31.9 Å². The Morgan fingerprint density at radius 1 is 1.16 bits per heavy atom. The molecule has 1 rings (SSSR count). The highest BCUT2D eigenvalue weighted by molar-refractivity contribution is 5.96. The Balaban J connectivity index is 2.87. The van der Waals surface area contributed by atoms with Gasteiger partial charge in [0.15, 0.2) is 0 Å². The van der Waals surface area contributed by atoms with E-state index in [1.807, 2.05) is 4.90 Å². The number of carbonyl (C=O) groups is 1. The van der Waals surface area contributed by atoms with Crippen molar-refractivity contribution in [2.24, 2.45) is 0 Å². The van der Waals surface area contributed by atoms with E-state index in [2.05, 4.69) is 13.8 Å². The van der Waals surface area contributed by atoms with Crippen LogP contribution >= 0.6 is 0 Å². The summed E-state index contributed by atoms with van der Waals surface area (Å²) in [5, 5.41) is 9.71. The standard InChI is InChI=1S/C16H25NO2/c1-4-6-11-17(12-7-5-2)16(19)14-9-8-10-15(18)13(14)3/h8-10,18H,4-7,11-12H2,1-3H3. The lowest BCUT2D eigenvalue weighted by Crippen LogP contribution is -2.33. The van der Waals surface area contributed by atoms with Gasteiger partial charge in [-0.25, -0.2) is 0 Å². The van der Waals surface area contributed by atoms with Crippen LogP contribution in [0.15, 0.2) is 18.2 Å². The molecule has 1 aromatic rings. The molecule has 0 radical (unpaired) electrons. The average Bonchev–Trinajstić information content (AvgIpc) is 2.41. The lowest BCUT2D eigenvalue weighted by Gasteiger charge is -2.23. The van der Waals surface area contributed by atoms with E-state index in [-0.39, 0.29) is 11.7 Å². The molecule has 0 saturated carbocycles. The first-order chi connectivity index (χ1) is 9.11. The monoisotopic (exact) mass is 263 g/mol. The Labute approximate surface area is 116 Å². The zero-order valence-electron chi connectivity index (χ0n) is 12.3. The number of benzene rings is 1. The van der Waals surface area contributed by atoms with Crippen molar-refractivity contribution >= 4 is 5.91 Å². The first kappa shape index (κ1) is 15.5. The average molecular weight is 263 g/mol. The number of aromatic hydroxyl groups is 1. The second kappa shape index (κ2) is 7.82. The Kier molecular flexibility index (Phi) is 6.40. The minimum atomic E-state index is 0.0373. The fourth-order valence-corrected chi connectivity index (χ4v) is 2.04. The van der Waals surface area contributed by atoms with Crippen molar-refractivity contribution in [2.45, 2.75) is 46.5 Å². The Morgan fingerprint density at radius 3 is 2.26 bits per heavy atom. The Hall–Kier alpha value is -1.51. The summed E-state index contributed by atoms with van der Waals surface area (Å²) in [5.41, 5.74) is 1.29. The number of amides is 1. The van der Waals surface area contributed by atoms with Crippen LogP contribution in [0.2, 0.25) is 0 Å². The maximum atomic E-state index is 12.5. The van der Waals surface area contributed by atoms with Gasteiger partial charge in [0.05, 0.1) is 0 Å². The molecule has 1 amide bonds. The van der Waals surface area contributed by atoms with Gasteiger partial charge in [0.1, 0.15) is 5.75 Å². The second-order valence-corrected chi connectivity index (χ2v) is 4.95. The van der Waals surface area contributed by atoms with Crippen LogP contribution in [-0.4, -0.2) is 29.0 Å². The normalized spacial score (nSPS) is 10.5. The molecule has 0 saturated heterocycles. The lowest BCUT2D eigenvalue weighted by molar-refractivity contribution is 0.0750. The van der Waals surface area contributed by atoms with Crippen LogP contribution in [0.25, 0.3) is 0 Å². The van der Waals surface area contributed by atoms with Crippen molar-refractivity contribution in [3.63, 3.8) is 0 Å². The smallest absolute Gasteiger partial charge is 0.254 e. The third kappa shape index (κ3) is 4.27. The minimum absolute atomic E-state index is 0.0373. The summed E-state index contributed by atoms with van der Waals surface area (Å²) in [5.74, 6) is 0.229.